The van der Waals surface area contributed by atoms with E-state index in [9.17, 15) is 0 Å². The molecule has 0 saturated heterocycles. The first-order valence-corrected chi connectivity index (χ1v) is 10.7. The summed E-state index contributed by atoms with van der Waals surface area (Å²) in [6.45, 7) is 0. The zero-order valence-electron chi connectivity index (χ0n) is 16.3. The average Bonchev–Trinajstić information content (AvgIpc) is 3.21. The van der Waals surface area contributed by atoms with Gasteiger partial charge in [-0.1, -0.05) is 72.8 Å². The number of thioether (sulfide) groups is 1. The van der Waals surface area contributed by atoms with Gasteiger partial charge in [-0.3, -0.25) is 0 Å². The van der Waals surface area contributed by atoms with Crippen molar-refractivity contribution in [2.24, 2.45) is 0 Å². The zero-order chi connectivity index (χ0) is 19.8. The molecular weight excluding hydrogens is 364 g/mol. The van der Waals surface area contributed by atoms with E-state index in [-0.39, 0.29) is 0 Å². The second-order valence-electron chi connectivity index (χ2n) is 6.15. The molecule has 4 aromatic rings. The Labute approximate surface area is 170 Å². The molecule has 0 spiro atoms. The fourth-order valence-electron chi connectivity index (χ4n) is 2.96. The Morgan fingerprint density at radius 2 is 1.29 bits per heavy atom. The molecule has 1 heterocycles. The zero-order valence-corrected chi connectivity index (χ0v) is 17.2. The van der Waals surface area contributed by atoms with Crippen LogP contribution in [0.2, 0.25) is 0 Å². The van der Waals surface area contributed by atoms with E-state index in [1.165, 1.54) is 0 Å². The molecular formula is C24H24N2OS. The fraction of sp³-hybridized carbons (Fsp3) is 0.125. The highest BCUT2D eigenvalue weighted by Gasteiger charge is 2.16. The molecule has 0 bridgehead atoms. The van der Waals surface area contributed by atoms with Gasteiger partial charge in [0.2, 0.25) is 0 Å². The van der Waals surface area contributed by atoms with E-state index in [1.807, 2.05) is 73.2 Å². The Kier molecular flexibility index (Phi) is 6.93. The summed E-state index contributed by atoms with van der Waals surface area (Å²) < 4.78 is 5.50. The molecule has 0 saturated carbocycles. The third-order valence-corrected chi connectivity index (χ3v) is 4.18. The molecule has 0 aliphatic rings. The van der Waals surface area contributed by atoms with Gasteiger partial charge < -0.3 is 9.72 Å². The number of imidazole rings is 1. The molecule has 1 aromatic heterocycles. The Hall–Kier alpha value is -2.98. The normalized spacial score (nSPS) is 10.1. The lowest BCUT2D eigenvalue weighted by atomic mass is 10.1. The second-order valence-corrected chi connectivity index (χ2v) is 6.97. The monoisotopic (exact) mass is 388 g/mol. The van der Waals surface area contributed by atoms with Gasteiger partial charge in [-0.15, -0.1) is 0 Å². The van der Waals surface area contributed by atoms with Crippen LogP contribution < -0.4 is 4.74 Å². The van der Waals surface area contributed by atoms with Gasteiger partial charge in [0, 0.05) is 11.1 Å². The largest absolute Gasteiger partial charge is 0.496 e. The van der Waals surface area contributed by atoms with Gasteiger partial charge in [0.05, 0.1) is 24.1 Å². The standard InChI is InChI=1S/C22H18N2O.C2H6S/c1-25-19-15-9-8-14-18(19)22-23-20(16-10-4-2-5-11-16)21(24-22)17-12-6-3-7-13-17;1-3-2/h2-15H,1H3,(H,23,24);1-2H3. The number of ether oxygens (including phenoxy) is 1. The predicted molar refractivity (Wildman–Crippen MR) is 121 cm³/mol. The van der Waals surface area contributed by atoms with Crippen molar-refractivity contribution < 1.29 is 4.74 Å². The van der Waals surface area contributed by atoms with E-state index < -0.39 is 0 Å². The molecule has 1 N–H and O–H groups in total. The molecule has 3 aromatic carbocycles. The minimum Gasteiger partial charge on any atom is -0.496 e. The lowest BCUT2D eigenvalue weighted by Gasteiger charge is -2.05. The number of benzene rings is 3. The first-order valence-electron chi connectivity index (χ1n) is 9.02. The van der Waals surface area contributed by atoms with Crippen molar-refractivity contribution in [3.05, 3.63) is 84.9 Å². The minimum absolute atomic E-state index is 0.801. The number of aromatic nitrogens is 2. The van der Waals surface area contributed by atoms with Crippen molar-refractivity contribution >= 4 is 11.8 Å². The molecule has 0 fully saturated rings. The van der Waals surface area contributed by atoms with Crippen LogP contribution in [0.15, 0.2) is 84.9 Å². The van der Waals surface area contributed by atoms with E-state index in [1.54, 1.807) is 18.9 Å². The van der Waals surface area contributed by atoms with Gasteiger partial charge >= 0.3 is 0 Å². The van der Waals surface area contributed by atoms with Crippen LogP contribution in [-0.4, -0.2) is 29.6 Å². The molecule has 4 rings (SSSR count). The highest BCUT2D eigenvalue weighted by molar-refractivity contribution is 7.97. The maximum absolute atomic E-state index is 5.50. The number of para-hydroxylation sites is 1. The summed E-state index contributed by atoms with van der Waals surface area (Å²) in [5.41, 5.74) is 5.08. The van der Waals surface area contributed by atoms with Crippen LogP contribution in [0.5, 0.6) is 5.75 Å². The number of methoxy groups -OCH3 is 1. The van der Waals surface area contributed by atoms with Crippen LogP contribution in [0, 0.1) is 0 Å². The summed E-state index contributed by atoms with van der Waals surface area (Å²) in [7, 11) is 1.68. The van der Waals surface area contributed by atoms with Gasteiger partial charge in [0.15, 0.2) is 0 Å². The number of hydrogen-bond donors (Lipinski definition) is 1. The fourth-order valence-corrected chi connectivity index (χ4v) is 2.96. The minimum atomic E-state index is 0.801. The molecule has 4 heteroatoms. The van der Waals surface area contributed by atoms with E-state index in [4.69, 9.17) is 9.72 Å². The molecule has 0 aliphatic heterocycles. The van der Waals surface area contributed by atoms with Crippen LogP contribution in [-0.2, 0) is 0 Å². The average molecular weight is 389 g/mol. The maximum atomic E-state index is 5.50. The van der Waals surface area contributed by atoms with Gasteiger partial charge in [-0.2, -0.15) is 11.8 Å². The molecule has 0 radical (unpaired) electrons. The third-order valence-electron chi connectivity index (χ3n) is 4.18. The number of nitrogens with one attached hydrogen (secondary N) is 1. The van der Waals surface area contributed by atoms with Crippen LogP contribution in [0.25, 0.3) is 33.9 Å². The van der Waals surface area contributed by atoms with Crippen molar-refractivity contribution in [1.82, 2.24) is 9.97 Å². The smallest absolute Gasteiger partial charge is 0.142 e. The summed E-state index contributed by atoms with van der Waals surface area (Å²) in [5.74, 6) is 1.60. The third kappa shape index (κ3) is 4.46. The maximum Gasteiger partial charge on any atom is 0.142 e. The Balaban J connectivity index is 0.000000706. The Morgan fingerprint density at radius 3 is 1.89 bits per heavy atom. The SMILES string of the molecule is COc1ccccc1-c1nc(-c2ccccc2)c(-c2ccccc2)[nH]1.CSC. The molecule has 0 atom stereocenters. The van der Waals surface area contributed by atoms with E-state index >= 15 is 0 Å². The van der Waals surface area contributed by atoms with Crippen LogP contribution >= 0.6 is 11.8 Å². The van der Waals surface area contributed by atoms with Crippen molar-refractivity contribution in [1.29, 1.82) is 0 Å². The molecule has 142 valence electrons. The van der Waals surface area contributed by atoms with E-state index in [2.05, 4.69) is 29.2 Å². The number of hydrogen-bond acceptors (Lipinski definition) is 3. The summed E-state index contributed by atoms with van der Waals surface area (Å²) in [6.07, 6.45) is 4.08. The number of H-pyrrole nitrogens is 1. The van der Waals surface area contributed by atoms with Crippen LogP contribution in [0.3, 0.4) is 0 Å². The number of nitrogens with zero attached hydrogens (tertiary/aromatic N) is 1. The highest BCUT2D eigenvalue weighted by Crippen LogP contribution is 2.35. The van der Waals surface area contributed by atoms with E-state index in [0.29, 0.717) is 0 Å². The Bertz CT molecular complexity index is 941. The van der Waals surface area contributed by atoms with Crippen molar-refractivity contribution in [3.8, 4) is 39.7 Å². The van der Waals surface area contributed by atoms with Gasteiger partial charge in [0.25, 0.3) is 0 Å². The molecule has 28 heavy (non-hydrogen) atoms. The van der Waals surface area contributed by atoms with Crippen molar-refractivity contribution in [3.63, 3.8) is 0 Å². The predicted octanol–water partition coefficient (Wildman–Crippen LogP) is 6.40. The lowest BCUT2D eigenvalue weighted by molar-refractivity contribution is 0.416. The van der Waals surface area contributed by atoms with E-state index in [0.717, 1.165) is 39.7 Å². The first kappa shape index (κ1) is 19.8. The summed E-state index contributed by atoms with van der Waals surface area (Å²) in [6, 6.07) is 28.4. The first-order chi connectivity index (χ1) is 13.8. The Morgan fingerprint density at radius 1 is 0.750 bits per heavy atom. The van der Waals surface area contributed by atoms with Gasteiger partial charge in [0.1, 0.15) is 11.6 Å². The lowest BCUT2D eigenvalue weighted by Crippen LogP contribution is -1.88. The highest BCUT2D eigenvalue weighted by atomic mass is 32.2. The summed E-state index contributed by atoms with van der Waals surface area (Å²) >= 11 is 1.75. The summed E-state index contributed by atoms with van der Waals surface area (Å²) in [4.78, 5) is 8.40. The van der Waals surface area contributed by atoms with Gasteiger partial charge in [-0.25, -0.2) is 4.98 Å². The molecule has 0 amide bonds. The van der Waals surface area contributed by atoms with Crippen molar-refractivity contribution in [2.75, 3.05) is 19.6 Å². The quantitative estimate of drug-likeness (QED) is 0.440. The van der Waals surface area contributed by atoms with Crippen molar-refractivity contribution in [2.45, 2.75) is 0 Å². The molecule has 0 unspecified atom stereocenters. The number of aromatic amines is 1. The number of rotatable bonds is 4. The topological polar surface area (TPSA) is 37.9 Å². The van der Waals surface area contributed by atoms with Gasteiger partial charge in [-0.05, 0) is 24.6 Å². The second kappa shape index (κ2) is 9.81. The van der Waals surface area contributed by atoms with Crippen LogP contribution in [0.4, 0.5) is 0 Å². The van der Waals surface area contributed by atoms with Crippen LogP contribution in [0.1, 0.15) is 0 Å². The molecule has 3 nitrogen and oxygen atoms in total. The molecule has 0 aliphatic carbocycles. The summed E-state index contributed by atoms with van der Waals surface area (Å²) in [5, 5.41) is 0.